The summed E-state index contributed by atoms with van der Waals surface area (Å²) in [7, 11) is 1.49. The van der Waals surface area contributed by atoms with E-state index in [1.807, 2.05) is 6.92 Å². The van der Waals surface area contributed by atoms with Crippen molar-refractivity contribution < 1.29 is 19.0 Å². The Labute approximate surface area is 94.8 Å². The summed E-state index contributed by atoms with van der Waals surface area (Å²) < 4.78 is 23.2. The van der Waals surface area contributed by atoms with Crippen molar-refractivity contribution in [2.45, 2.75) is 19.4 Å². The Bertz CT molecular complexity index is 328. The van der Waals surface area contributed by atoms with Gasteiger partial charge >= 0.3 is 0 Å². The molecule has 1 aromatic rings. The number of hydrogen-bond acceptors (Lipinski definition) is 3. The van der Waals surface area contributed by atoms with Crippen molar-refractivity contribution in [3.8, 4) is 5.75 Å². The first-order valence-corrected chi connectivity index (χ1v) is 5.28. The van der Waals surface area contributed by atoms with Crippen LogP contribution in [0.1, 0.15) is 25.0 Å². The Morgan fingerprint density at radius 2 is 2.19 bits per heavy atom. The zero-order valence-electron chi connectivity index (χ0n) is 9.57. The number of aliphatic hydroxyl groups is 1. The minimum Gasteiger partial charge on any atom is -0.496 e. The molecular weight excluding hydrogens is 211 g/mol. The third-order valence-electron chi connectivity index (χ3n) is 2.29. The average Bonchev–Trinajstić information content (AvgIpc) is 2.29. The van der Waals surface area contributed by atoms with E-state index < -0.39 is 6.10 Å². The van der Waals surface area contributed by atoms with Gasteiger partial charge in [0, 0.05) is 25.2 Å². The maximum absolute atomic E-state index is 13.0. The Morgan fingerprint density at radius 1 is 1.44 bits per heavy atom. The highest BCUT2D eigenvalue weighted by Gasteiger charge is 2.13. The minimum atomic E-state index is -0.766. The van der Waals surface area contributed by atoms with Crippen molar-refractivity contribution in [3.05, 3.63) is 29.6 Å². The van der Waals surface area contributed by atoms with E-state index in [-0.39, 0.29) is 5.82 Å². The first-order chi connectivity index (χ1) is 7.69. The van der Waals surface area contributed by atoms with Crippen LogP contribution in [0, 0.1) is 5.82 Å². The number of rotatable bonds is 6. The molecule has 90 valence electrons. The predicted octanol–water partition coefficient (Wildman–Crippen LogP) is 2.29. The summed E-state index contributed by atoms with van der Waals surface area (Å²) >= 11 is 0. The molecule has 1 rings (SSSR count). The number of hydrogen-bond donors (Lipinski definition) is 1. The van der Waals surface area contributed by atoms with Gasteiger partial charge in [0.15, 0.2) is 0 Å². The molecule has 0 bridgehead atoms. The van der Waals surface area contributed by atoms with Crippen LogP contribution in [0.2, 0.25) is 0 Å². The molecule has 4 heteroatoms. The lowest BCUT2D eigenvalue weighted by atomic mass is 10.1. The van der Waals surface area contributed by atoms with Gasteiger partial charge in [0.1, 0.15) is 11.6 Å². The summed E-state index contributed by atoms with van der Waals surface area (Å²) in [6.07, 6.45) is -0.342. The second-order valence-electron chi connectivity index (χ2n) is 3.39. The second-order valence-corrected chi connectivity index (χ2v) is 3.39. The van der Waals surface area contributed by atoms with Crippen LogP contribution in [-0.4, -0.2) is 25.4 Å². The standard InChI is InChI=1S/C12H17FO3/c1-3-16-7-6-11(14)10-8-9(13)4-5-12(10)15-2/h4-5,8,11,14H,3,6-7H2,1-2H3. The van der Waals surface area contributed by atoms with Gasteiger partial charge in [-0.2, -0.15) is 0 Å². The quantitative estimate of drug-likeness (QED) is 0.759. The first kappa shape index (κ1) is 12.9. The molecule has 0 heterocycles. The van der Waals surface area contributed by atoms with Crippen LogP contribution in [0.4, 0.5) is 4.39 Å². The summed E-state index contributed by atoms with van der Waals surface area (Å²) in [5.41, 5.74) is 0.460. The third kappa shape index (κ3) is 3.47. The fourth-order valence-electron chi connectivity index (χ4n) is 1.46. The van der Waals surface area contributed by atoms with Crippen LogP contribution in [0.15, 0.2) is 18.2 Å². The van der Waals surface area contributed by atoms with Crippen LogP contribution in [-0.2, 0) is 4.74 Å². The van der Waals surface area contributed by atoms with Crippen LogP contribution >= 0.6 is 0 Å². The number of ether oxygens (including phenoxy) is 2. The monoisotopic (exact) mass is 228 g/mol. The summed E-state index contributed by atoms with van der Waals surface area (Å²) in [6.45, 7) is 2.93. The highest BCUT2D eigenvalue weighted by Crippen LogP contribution is 2.27. The zero-order valence-corrected chi connectivity index (χ0v) is 9.57. The largest absolute Gasteiger partial charge is 0.496 e. The van der Waals surface area contributed by atoms with Crippen molar-refractivity contribution in [2.75, 3.05) is 20.3 Å². The number of aliphatic hydroxyl groups excluding tert-OH is 1. The van der Waals surface area contributed by atoms with Crippen LogP contribution < -0.4 is 4.74 Å². The second kappa shape index (κ2) is 6.45. The molecule has 0 spiro atoms. The molecule has 0 aromatic heterocycles. The number of methoxy groups -OCH3 is 1. The van der Waals surface area contributed by atoms with E-state index in [1.165, 1.54) is 25.3 Å². The van der Waals surface area contributed by atoms with Gasteiger partial charge in [0.25, 0.3) is 0 Å². The molecule has 0 radical (unpaired) electrons. The molecular formula is C12H17FO3. The number of benzene rings is 1. The Morgan fingerprint density at radius 3 is 2.81 bits per heavy atom. The van der Waals surface area contributed by atoms with E-state index in [4.69, 9.17) is 9.47 Å². The van der Waals surface area contributed by atoms with Crippen LogP contribution in [0.5, 0.6) is 5.75 Å². The normalized spacial score (nSPS) is 12.5. The van der Waals surface area contributed by atoms with Crippen molar-refractivity contribution >= 4 is 0 Å². The van der Waals surface area contributed by atoms with Gasteiger partial charge < -0.3 is 14.6 Å². The molecule has 0 aliphatic carbocycles. The lowest BCUT2D eigenvalue weighted by molar-refractivity contribution is 0.0871. The molecule has 0 saturated carbocycles. The molecule has 3 nitrogen and oxygen atoms in total. The first-order valence-electron chi connectivity index (χ1n) is 5.28. The van der Waals surface area contributed by atoms with Gasteiger partial charge in [0.05, 0.1) is 13.2 Å². The molecule has 0 amide bonds. The maximum Gasteiger partial charge on any atom is 0.124 e. The van der Waals surface area contributed by atoms with Gasteiger partial charge in [0.2, 0.25) is 0 Å². The Balaban J connectivity index is 2.72. The van der Waals surface area contributed by atoms with E-state index in [2.05, 4.69) is 0 Å². The van der Waals surface area contributed by atoms with E-state index in [9.17, 15) is 9.50 Å². The van der Waals surface area contributed by atoms with Gasteiger partial charge in [-0.3, -0.25) is 0 Å². The van der Waals surface area contributed by atoms with E-state index >= 15 is 0 Å². The van der Waals surface area contributed by atoms with E-state index in [0.29, 0.717) is 30.9 Å². The molecule has 0 saturated heterocycles. The Hall–Kier alpha value is -1.13. The molecule has 1 aromatic carbocycles. The summed E-state index contributed by atoms with van der Waals surface area (Å²) in [6, 6.07) is 4.10. The van der Waals surface area contributed by atoms with Gasteiger partial charge in [-0.25, -0.2) is 4.39 Å². The van der Waals surface area contributed by atoms with E-state index in [1.54, 1.807) is 0 Å². The molecule has 0 fully saturated rings. The predicted molar refractivity (Wildman–Crippen MR) is 59.0 cm³/mol. The SMILES string of the molecule is CCOCCC(O)c1cc(F)ccc1OC. The lowest BCUT2D eigenvalue weighted by Crippen LogP contribution is -2.05. The number of halogens is 1. The van der Waals surface area contributed by atoms with Crippen LogP contribution in [0.25, 0.3) is 0 Å². The van der Waals surface area contributed by atoms with Crippen molar-refractivity contribution in [1.82, 2.24) is 0 Å². The zero-order chi connectivity index (χ0) is 12.0. The summed E-state index contributed by atoms with van der Waals surface area (Å²) in [5, 5.41) is 9.86. The van der Waals surface area contributed by atoms with Crippen LogP contribution in [0.3, 0.4) is 0 Å². The Kier molecular flexibility index (Phi) is 5.22. The topological polar surface area (TPSA) is 38.7 Å². The fraction of sp³-hybridized carbons (Fsp3) is 0.500. The molecule has 1 unspecified atom stereocenters. The van der Waals surface area contributed by atoms with Gasteiger partial charge in [-0.1, -0.05) is 0 Å². The summed E-state index contributed by atoms with van der Waals surface area (Å²) in [5.74, 6) is 0.108. The highest BCUT2D eigenvalue weighted by atomic mass is 19.1. The lowest BCUT2D eigenvalue weighted by Gasteiger charge is -2.14. The van der Waals surface area contributed by atoms with Crippen molar-refractivity contribution in [3.63, 3.8) is 0 Å². The van der Waals surface area contributed by atoms with Gasteiger partial charge in [-0.05, 0) is 25.1 Å². The minimum absolute atomic E-state index is 0.383. The summed E-state index contributed by atoms with van der Waals surface area (Å²) in [4.78, 5) is 0. The molecule has 1 atom stereocenters. The average molecular weight is 228 g/mol. The smallest absolute Gasteiger partial charge is 0.124 e. The molecule has 0 aliphatic heterocycles. The highest BCUT2D eigenvalue weighted by molar-refractivity contribution is 5.35. The molecule has 0 aliphatic rings. The van der Waals surface area contributed by atoms with Gasteiger partial charge in [-0.15, -0.1) is 0 Å². The molecule has 16 heavy (non-hydrogen) atoms. The maximum atomic E-state index is 13.0. The van der Waals surface area contributed by atoms with Crippen molar-refractivity contribution in [2.24, 2.45) is 0 Å². The molecule has 1 N–H and O–H groups in total. The van der Waals surface area contributed by atoms with Crippen molar-refractivity contribution in [1.29, 1.82) is 0 Å². The van der Waals surface area contributed by atoms with E-state index in [0.717, 1.165) is 0 Å². The third-order valence-corrected chi connectivity index (χ3v) is 2.29. The fourth-order valence-corrected chi connectivity index (χ4v) is 1.46.